The Hall–Kier alpha value is -1.65. The molecule has 0 aliphatic rings. The number of phenols is 1. The van der Waals surface area contributed by atoms with Crippen LogP contribution in [-0.2, 0) is 0 Å². The average Bonchev–Trinajstić information content (AvgIpc) is 2.16. The lowest BCUT2D eigenvalue weighted by atomic mass is 10.2. The van der Waals surface area contributed by atoms with Crippen molar-refractivity contribution in [3.05, 3.63) is 23.8 Å². The summed E-state index contributed by atoms with van der Waals surface area (Å²) < 4.78 is 28.1. The maximum absolute atomic E-state index is 11.8. The van der Waals surface area contributed by atoms with E-state index in [9.17, 15) is 18.7 Å². The molecule has 0 aromatic heterocycles. The van der Waals surface area contributed by atoms with Crippen LogP contribution in [0.1, 0.15) is 10.4 Å². The molecule has 0 aliphatic heterocycles. The number of halogens is 2. The van der Waals surface area contributed by atoms with E-state index in [0.29, 0.717) is 6.29 Å². The Morgan fingerprint density at radius 3 is 2.79 bits per heavy atom. The van der Waals surface area contributed by atoms with Gasteiger partial charge in [-0.1, -0.05) is 6.07 Å². The Morgan fingerprint density at radius 1 is 1.50 bits per heavy atom. The van der Waals surface area contributed by atoms with E-state index < -0.39 is 18.8 Å². The molecule has 1 rings (SSSR count). The Labute approximate surface area is 78.9 Å². The highest BCUT2D eigenvalue weighted by Gasteiger charge is 2.09. The minimum Gasteiger partial charge on any atom is -0.504 e. The van der Waals surface area contributed by atoms with Gasteiger partial charge in [-0.2, -0.15) is 0 Å². The molecule has 1 aromatic carbocycles. The number of carbonyl (C=O) groups is 1. The van der Waals surface area contributed by atoms with Crippen LogP contribution in [0.15, 0.2) is 18.2 Å². The number of aldehydes is 1. The molecule has 1 N–H and O–H groups in total. The van der Waals surface area contributed by atoms with Gasteiger partial charge in [-0.15, -0.1) is 0 Å². The fourth-order valence-electron chi connectivity index (χ4n) is 0.904. The fourth-order valence-corrected chi connectivity index (χ4v) is 0.904. The van der Waals surface area contributed by atoms with Crippen molar-refractivity contribution in [2.45, 2.75) is 6.43 Å². The van der Waals surface area contributed by atoms with Crippen molar-refractivity contribution in [2.75, 3.05) is 6.61 Å². The number of hydrogen-bond acceptors (Lipinski definition) is 3. The molecule has 0 radical (unpaired) electrons. The Bertz CT molecular complexity index is 326. The summed E-state index contributed by atoms with van der Waals surface area (Å²) in [6.45, 7) is -0.810. The summed E-state index contributed by atoms with van der Waals surface area (Å²) in [6, 6.07) is 4.10. The van der Waals surface area contributed by atoms with Crippen LogP contribution in [0.5, 0.6) is 11.5 Å². The first kappa shape index (κ1) is 10.4. The van der Waals surface area contributed by atoms with E-state index in [1.165, 1.54) is 18.2 Å². The number of alkyl halides is 2. The lowest BCUT2D eigenvalue weighted by molar-refractivity contribution is 0.0804. The molecule has 0 atom stereocenters. The first-order valence-corrected chi connectivity index (χ1v) is 3.83. The Morgan fingerprint density at radius 2 is 2.21 bits per heavy atom. The van der Waals surface area contributed by atoms with Gasteiger partial charge in [0.2, 0.25) is 0 Å². The van der Waals surface area contributed by atoms with E-state index in [-0.39, 0.29) is 11.3 Å². The first-order chi connectivity index (χ1) is 6.65. The summed E-state index contributed by atoms with van der Waals surface area (Å²) in [7, 11) is 0. The number of para-hydroxylation sites is 1. The smallest absolute Gasteiger partial charge is 0.272 e. The summed E-state index contributed by atoms with van der Waals surface area (Å²) in [5.41, 5.74) is 0.0109. The molecule has 3 nitrogen and oxygen atoms in total. The number of aromatic hydroxyl groups is 1. The van der Waals surface area contributed by atoms with E-state index in [2.05, 4.69) is 4.74 Å². The largest absolute Gasteiger partial charge is 0.504 e. The maximum atomic E-state index is 11.8. The average molecular weight is 202 g/mol. The molecule has 0 bridgehead atoms. The molecule has 0 saturated carbocycles. The van der Waals surface area contributed by atoms with Gasteiger partial charge >= 0.3 is 0 Å². The van der Waals surface area contributed by atoms with Crippen LogP contribution in [0.4, 0.5) is 8.78 Å². The Balaban J connectivity index is 2.81. The van der Waals surface area contributed by atoms with Crippen molar-refractivity contribution < 1.29 is 23.4 Å². The van der Waals surface area contributed by atoms with Gasteiger partial charge in [-0.25, -0.2) is 8.78 Å². The first-order valence-electron chi connectivity index (χ1n) is 3.83. The fraction of sp³-hybridized carbons (Fsp3) is 0.222. The summed E-state index contributed by atoms with van der Waals surface area (Å²) >= 11 is 0. The number of hydrogen-bond donors (Lipinski definition) is 1. The van der Waals surface area contributed by atoms with Gasteiger partial charge < -0.3 is 9.84 Å². The van der Waals surface area contributed by atoms with Crippen LogP contribution in [-0.4, -0.2) is 24.4 Å². The number of benzene rings is 1. The van der Waals surface area contributed by atoms with Gasteiger partial charge in [0.15, 0.2) is 17.8 Å². The number of rotatable bonds is 4. The zero-order valence-corrected chi connectivity index (χ0v) is 7.11. The van der Waals surface area contributed by atoms with Crippen LogP contribution < -0.4 is 4.74 Å². The van der Waals surface area contributed by atoms with Crippen LogP contribution in [0, 0.1) is 0 Å². The predicted octanol–water partition coefficient (Wildman–Crippen LogP) is 1.85. The van der Waals surface area contributed by atoms with Crippen molar-refractivity contribution in [1.29, 1.82) is 0 Å². The van der Waals surface area contributed by atoms with E-state index >= 15 is 0 Å². The zero-order chi connectivity index (χ0) is 10.6. The molecule has 0 unspecified atom stereocenters. The Kier molecular flexibility index (Phi) is 3.39. The number of carbonyl (C=O) groups excluding carboxylic acids is 1. The second-order valence-electron chi connectivity index (χ2n) is 2.51. The van der Waals surface area contributed by atoms with Gasteiger partial charge in [-0.3, -0.25) is 4.79 Å². The number of ether oxygens (including phenoxy) is 1. The summed E-state index contributed by atoms with van der Waals surface area (Å²) in [5.74, 6) is -0.530. The van der Waals surface area contributed by atoms with E-state index in [0.717, 1.165) is 0 Å². The predicted molar refractivity (Wildman–Crippen MR) is 45.0 cm³/mol. The molecule has 0 amide bonds. The van der Waals surface area contributed by atoms with Crippen LogP contribution in [0.25, 0.3) is 0 Å². The van der Waals surface area contributed by atoms with E-state index in [1.54, 1.807) is 0 Å². The van der Waals surface area contributed by atoms with Crippen molar-refractivity contribution in [1.82, 2.24) is 0 Å². The molecule has 0 fully saturated rings. The summed E-state index contributed by atoms with van der Waals surface area (Å²) in [4.78, 5) is 10.4. The monoisotopic (exact) mass is 202 g/mol. The van der Waals surface area contributed by atoms with Gasteiger partial charge in [0.05, 0.1) is 5.56 Å². The minimum atomic E-state index is -2.62. The molecular weight excluding hydrogens is 194 g/mol. The molecule has 0 saturated heterocycles. The van der Waals surface area contributed by atoms with E-state index in [4.69, 9.17) is 0 Å². The SMILES string of the molecule is O=Cc1cccc(OCC(F)F)c1O. The quantitative estimate of drug-likeness (QED) is 0.758. The highest BCUT2D eigenvalue weighted by Crippen LogP contribution is 2.28. The third kappa shape index (κ3) is 2.42. The molecule has 14 heavy (non-hydrogen) atoms. The van der Waals surface area contributed by atoms with Crippen molar-refractivity contribution in [2.24, 2.45) is 0 Å². The third-order valence-corrected chi connectivity index (χ3v) is 1.52. The van der Waals surface area contributed by atoms with Crippen molar-refractivity contribution in [3.8, 4) is 11.5 Å². The molecule has 1 aromatic rings. The van der Waals surface area contributed by atoms with Gasteiger partial charge in [-0.05, 0) is 12.1 Å². The highest BCUT2D eigenvalue weighted by molar-refractivity contribution is 5.80. The van der Waals surface area contributed by atoms with Crippen molar-refractivity contribution in [3.63, 3.8) is 0 Å². The lowest BCUT2D eigenvalue weighted by Gasteiger charge is -2.07. The van der Waals surface area contributed by atoms with Crippen molar-refractivity contribution >= 4 is 6.29 Å². The third-order valence-electron chi connectivity index (χ3n) is 1.52. The molecule has 76 valence electrons. The minimum absolute atomic E-state index is 0.0109. The molecule has 0 spiro atoms. The van der Waals surface area contributed by atoms with Gasteiger partial charge in [0, 0.05) is 0 Å². The van der Waals surface area contributed by atoms with Crippen LogP contribution >= 0.6 is 0 Å². The zero-order valence-electron chi connectivity index (χ0n) is 7.11. The topological polar surface area (TPSA) is 46.5 Å². The van der Waals surface area contributed by atoms with Crippen LogP contribution in [0.2, 0.25) is 0 Å². The standard InChI is InChI=1S/C9H8F2O3/c10-8(11)5-14-7-3-1-2-6(4-12)9(7)13/h1-4,8,13H,5H2. The summed E-state index contributed by atoms with van der Waals surface area (Å²) in [6.07, 6.45) is -2.20. The molecule has 0 heterocycles. The number of phenolic OH excluding ortho intramolecular Hbond substituents is 1. The van der Waals surface area contributed by atoms with E-state index in [1.807, 2.05) is 0 Å². The van der Waals surface area contributed by atoms with Crippen LogP contribution in [0.3, 0.4) is 0 Å². The lowest BCUT2D eigenvalue weighted by Crippen LogP contribution is -2.07. The highest BCUT2D eigenvalue weighted by atomic mass is 19.3. The molecule has 0 aliphatic carbocycles. The second-order valence-corrected chi connectivity index (χ2v) is 2.51. The molecular formula is C9H8F2O3. The van der Waals surface area contributed by atoms with Gasteiger partial charge in [0.25, 0.3) is 6.43 Å². The second kappa shape index (κ2) is 4.55. The normalized spacial score (nSPS) is 10.2. The maximum Gasteiger partial charge on any atom is 0.272 e. The molecule has 5 heteroatoms. The summed E-state index contributed by atoms with van der Waals surface area (Å²) in [5, 5.41) is 9.30. The van der Waals surface area contributed by atoms with Gasteiger partial charge in [0.1, 0.15) is 6.61 Å².